The summed E-state index contributed by atoms with van der Waals surface area (Å²) in [4.78, 5) is 14.0. The van der Waals surface area contributed by atoms with Crippen LogP contribution < -0.4 is 0 Å². The predicted octanol–water partition coefficient (Wildman–Crippen LogP) is 2.03. The second kappa shape index (κ2) is 3.91. The van der Waals surface area contributed by atoms with Gasteiger partial charge in [0.2, 0.25) is 0 Å². The highest BCUT2D eigenvalue weighted by molar-refractivity contribution is 5.69. The van der Waals surface area contributed by atoms with Crippen LogP contribution in [0.3, 0.4) is 0 Å². The minimum Gasteiger partial charge on any atom is -0.444 e. The van der Waals surface area contributed by atoms with Crippen LogP contribution in [0, 0.1) is 5.92 Å². The Balaban J connectivity index is 2.07. The summed E-state index contributed by atoms with van der Waals surface area (Å²) in [6.07, 6.45) is 0.847. The molecule has 2 aliphatic rings. The first-order valence-corrected chi connectivity index (χ1v) is 5.97. The molecule has 0 aromatic rings. The van der Waals surface area contributed by atoms with E-state index in [4.69, 9.17) is 9.47 Å². The molecule has 2 rings (SSSR count). The van der Waals surface area contributed by atoms with Gasteiger partial charge in [-0.1, -0.05) is 6.92 Å². The second-order valence-electron chi connectivity index (χ2n) is 5.86. The summed E-state index contributed by atoms with van der Waals surface area (Å²) in [6.45, 7) is 9.18. The molecule has 3 atom stereocenters. The van der Waals surface area contributed by atoms with Gasteiger partial charge >= 0.3 is 6.09 Å². The number of ether oxygens (including phenoxy) is 2. The highest BCUT2D eigenvalue weighted by atomic mass is 16.6. The topological polar surface area (TPSA) is 38.8 Å². The summed E-state index contributed by atoms with van der Waals surface area (Å²) in [5.74, 6) is 0.514. The smallest absolute Gasteiger partial charge is 0.410 e. The van der Waals surface area contributed by atoms with Gasteiger partial charge in [0.15, 0.2) is 0 Å². The van der Waals surface area contributed by atoms with Gasteiger partial charge in [-0.2, -0.15) is 0 Å². The summed E-state index contributed by atoms with van der Waals surface area (Å²) in [5.41, 5.74) is -0.419. The molecule has 0 aromatic heterocycles. The van der Waals surface area contributed by atoms with Crippen molar-refractivity contribution in [2.45, 2.75) is 51.8 Å². The highest BCUT2D eigenvalue weighted by Gasteiger charge is 2.46. The molecule has 2 saturated heterocycles. The predicted molar refractivity (Wildman–Crippen MR) is 60.2 cm³/mol. The third-order valence-corrected chi connectivity index (χ3v) is 3.25. The molecule has 3 unspecified atom stereocenters. The first-order chi connectivity index (χ1) is 7.38. The minimum absolute atomic E-state index is 0.185. The molecular formula is C12H21NO3. The Morgan fingerprint density at radius 1 is 1.38 bits per heavy atom. The quantitative estimate of drug-likeness (QED) is 0.635. The van der Waals surface area contributed by atoms with Crippen LogP contribution in [0.5, 0.6) is 0 Å². The third-order valence-electron chi connectivity index (χ3n) is 3.25. The lowest BCUT2D eigenvalue weighted by atomic mass is 10.0. The SMILES string of the molecule is CC1CC2COCC1N2C(=O)OC(C)(C)C. The van der Waals surface area contributed by atoms with E-state index in [9.17, 15) is 4.79 Å². The largest absolute Gasteiger partial charge is 0.444 e. The molecule has 2 aliphatic heterocycles. The minimum atomic E-state index is -0.419. The van der Waals surface area contributed by atoms with Crippen LogP contribution in [-0.4, -0.2) is 41.9 Å². The number of hydrogen-bond donors (Lipinski definition) is 0. The number of hydrogen-bond acceptors (Lipinski definition) is 3. The van der Waals surface area contributed by atoms with Crippen molar-refractivity contribution in [3.63, 3.8) is 0 Å². The van der Waals surface area contributed by atoms with Crippen LogP contribution >= 0.6 is 0 Å². The van der Waals surface area contributed by atoms with E-state index < -0.39 is 5.60 Å². The zero-order valence-electron chi connectivity index (χ0n) is 10.5. The summed E-state index contributed by atoms with van der Waals surface area (Å²) in [6, 6.07) is 0.414. The van der Waals surface area contributed by atoms with Crippen LogP contribution in [0.25, 0.3) is 0 Å². The van der Waals surface area contributed by atoms with Crippen molar-refractivity contribution < 1.29 is 14.3 Å². The lowest BCUT2D eigenvalue weighted by Gasteiger charge is -2.36. The molecular weight excluding hydrogens is 206 g/mol. The van der Waals surface area contributed by atoms with Crippen LogP contribution in [0.2, 0.25) is 0 Å². The maximum absolute atomic E-state index is 12.1. The highest BCUT2D eigenvalue weighted by Crippen LogP contribution is 2.34. The van der Waals surface area contributed by atoms with Crippen molar-refractivity contribution in [3.05, 3.63) is 0 Å². The van der Waals surface area contributed by atoms with E-state index >= 15 is 0 Å². The number of rotatable bonds is 0. The van der Waals surface area contributed by atoms with E-state index in [1.54, 1.807) is 0 Å². The van der Waals surface area contributed by atoms with Gasteiger partial charge in [0, 0.05) is 0 Å². The molecule has 4 nitrogen and oxygen atoms in total. The fourth-order valence-electron chi connectivity index (χ4n) is 2.56. The average molecular weight is 227 g/mol. The Morgan fingerprint density at radius 3 is 2.62 bits per heavy atom. The molecule has 0 radical (unpaired) electrons. The number of carbonyl (C=O) groups is 1. The van der Waals surface area contributed by atoms with Gasteiger partial charge in [-0.15, -0.1) is 0 Å². The summed E-state index contributed by atoms with van der Waals surface area (Å²) >= 11 is 0. The van der Waals surface area contributed by atoms with Gasteiger partial charge in [-0.3, -0.25) is 4.90 Å². The molecule has 0 aliphatic carbocycles. The molecule has 1 amide bonds. The molecule has 2 bridgehead atoms. The number of carbonyl (C=O) groups excluding carboxylic acids is 1. The molecule has 92 valence electrons. The Kier molecular flexibility index (Phi) is 2.86. The van der Waals surface area contributed by atoms with Crippen LogP contribution in [0.4, 0.5) is 4.79 Å². The number of nitrogens with zero attached hydrogens (tertiary/aromatic N) is 1. The van der Waals surface area contributed by atoms with Crippen molar-refractivity contribution in [1.29, 1.82) is 0 Å². The van der Waals surface area contributed by atoms with E-state index in [2.05, 4.69) is 6.92 Å². The monoisotopic (exact) mass is 227 g/mol. The molecule has 0 N–H and O–H groups in total. The molecule has 0 spiro atoms. The lowest BCUT2D eigenvalue weighted by molar-refractivity contribution is -0.0400. The summed E-state index contributed by atoms with van der Waals surface area (Å²) in [7, 11) is 0. The average Bonchev–Trinajstić information content (AvgIpc) is 2.31. The van der Waals surface area contributed by atoms with Crippen molar-refractivity contribution in [1.82, 2.24) is 4.90 Å². The Bertz CT molecular complexity index is 284. The van der Waals surface area contributed by atoms with Gasteiger partial charge in [-0.25, -0.2) is 4.79 Å². The fraction of sp³-hybridized carbons (Fsp3) is 0.917. The zero-order valence-corrected chi connectivity index (χ0v) is 10.5. The summed E-state index contributed by atoms with van der Waals surface area (Å²) in [5, 5.41) is 0. The third kappa shape index (κ3) is 2.17. The number of morpholine rings is 1. The molecule has 2 fully saturated rings. The number of fused-ring (bicyclic) bond motifs is 2. The van der Waals surface area contributed by atoms with E-state index in [0.717, 1.165) is 6.42 Å². The zero-order chi connectivity index (χ0) is 11.9. The molecule has 2 heterocycles. The van der Waals surface area contributed by atoms with Gasteiger partial charge in [0.05, 0.1) is 25.3 Å². The van der Waals surface area contributed by atoms with E-state index in [1.165, 1.54) is 0 Å². The van der Waals surface area contributed by atoms with Crippen molar-refractivity contribution in [2.75, 3.05) is 13.2 Å². The van der Waals surface area contributed by atoms with Crippen LogP contribution in [-0.2, 0) is 9.47 Å². The Labute approximate surface area is 96.9 Å². The first kappa shape index (κ1) is 11.7. The first-order valence-electron chi connectivity index (χ1n) is 5.97. The van der Waals surface area contributed by atoms with Crippen LogP contribution in [0.1, 0.15) is 34.1 Å². The van der Waals surface area contributed by atoms with Gasteiger partial charge in [0.1, 0.15) is 5.60 Å². The molecule has 0 saturated carbocycles. The summed E-state index contributed by atoms with van der Waals surface area (Å²) < 4.78 is 10.9. The van der Waals surface area contributed by atoms with Gasteiger partial charge in [0.25, 0.3) is 0 Å². The number of amides is 1. The standard InChI is InChI=1S/C12H21NO3/c1-8-5-9-6-15-7-10(8)13(9)11(14)16-12(2,3)4/h8-10H,5-7H2,1-4H3. The Morgan fingerprint density at radius 2 is 2.06 bits per heavy atom. The van der Waals surface area contributed by atoms with Crippen molar-refractivity contribution >= 4 is 6.09 Å². The van der Waals surface area contributed by atoms with E-state index in [1.807, 2.05) is 25.7 Å². The normalized spacial score (nSPS) is 34.0. The van der Waals surface area contributed by atoms with Crippen LogP contribution in [0.15, 0.2) is 0 Å². The van der Waals surface area contributed by atoms with Gasteiger partial charge < -0.3 is 9.47 Å². The van der Waals surface area contributed by atoms with E-state index in [-0.39, 0.29) is 18.2 Å². The van der Waals surface area contributed by atoms with E-state index in [0.29, 0.717) is 19.1 Å². The molecule has 4 heteroatoms. The van der Waals surface area contributed by atoms with Gasteiger partial charge in [-0.05, 0) is 33.1 Å². The maximum Gasteiger partial charge on any atom is 0.410 e. The lowest BCUT2D eigenvalue weighted by Crippen LogP contribution is -2.51. The second-order valence-corrected chi connectivity index (χ2v) is 5.86. The Hall–Kier alpha value is -0.770. The molecule has 0 aromatic carbocycles. The maximum atomic E-state index is 12.1. The fourth-order valence-corrected chi connectivity index (χ4v) is 2.56. The molecule has 16 heavy (non-hydrogen) atoms. The van der Waals surface area contributed by atoms with Crippen molar-refractivity contribution in [3.8, 4) is 0 Å². The van der Waals surface area contributed by atoms with Crippen molar-refractivity contribution in [2.24, 2.45) is 5.92 Å².